The Hall–Kier alpha value is -1.80. The van der Waals surface area contributed by atoms with Gasteiger partial charge in [0.15, 0.2) is 0 Å². The first-order chi connectivity index (χ1) is 9.49. The zero-order chi connectivity index (χ0) is 14.7. The number of rotatable bonds is 4. The Kier molecular flexibility index (Phi) is 4.46. The molecular weight excluding hydrogens is 246 g/mol. The van der Waals surface area contributed by atoms with E-state index in [2.05, 4.69) is 45.0 Å². The molecule has 0 bridgehead atoms. The lowest BCUT2D eigenvalue weighted by Crippen LogP contribution is -2.06. The molecule has 0 radical (unpaired) electrons. The zero-order valence-electron chi connectivity index (χ0n) is 12.7. The van der Waals surface area contributed by atoms with Crippen molar-refractivity contribution in [1.82, 2.24) is 0 Å². The SMILES string of the molecule is Cc1cc([C@@H](C)N)ccc1OCc1c(C)cccc1C. The third-order valence-corrected chi connectivity index (χ3v) is 3.74. The van der Waals surface area contributed by atoms with Crippen LogP contribution in [0.2, 0.25) is 0 Å². The maximum atomic E-state index is 5.98. The highest BCUT2D eigenvalue weighted by molar-refractivity contribution is 5.38. The molecular formula is C18H23NO. The molecule has 0 saturated heterocycles. The van der Waals surface area contributed by atoms with E-state index in [-0.39, 0.29) is 6.04 Å². The van der Waals surface area contributed by atoms with E-state index >= 15 is 0 Å². The summed E-state index contributed by atoms with van der Waals surface area (Å²) in [7, 11) is 0. The highest BCUT2D eigenvalue weighted by Gasteiger charge is 2.07. The summed E-state index contributed by atoms with van der Waals surface area (Å²) >= 11 is 0. The van der Waals surface area contributed by atoms with Crippen molar-refractivity contribution in [1.29, 1.82) is 0 Å². The summed E-state index contributed by atoms with van der Waals surface area (Å²) in [4.78, 5) is 0. The lowest BCUT2D eigenvalue weighted by molar-refractivity contribution is 0.302. The van der Waals surface area contributed by atoms with Crippen LogP contribution in [0.5, 0.6) is 5.75 Å². The van der Waals surface area contributed by atoms with Crippen molar-refractivity contribution >= 4 is 0 Å². The van der Waals surface area contributed by atoms with Crippen LogP contribution in [0.1, 0.15) is 40.8 Å². The van der Waals surface area contributed by atoms with Crippen LogP contribution in [0.3, 0.4) is 0 Å². The van der Waals surface area contributed by atoms with Crippen LogP contribution in [0.15, 0.2) is 36.4 Å². The maximum Gasteiger partial charge on any atom is 0.122 e. The average molecular weight is 269 g/mol. The van der Waals surface area contributed by atoms with Gasteiger partial charge in [-0.15, -0.1) is 0 Å². The largest absolute Gasteiger partial charge is 0.489 e. The van der Waals surface area contributed by atoms with E-state index in [9.17, 15) is 0 Å². The van der Waals surface area contributed by atoms with Gasteiger partial charge in [-0.2, -0.15) is 0 Å². The van der Waals surface area contributed by atoms with Crippen molar-refractivity contribution in [2.75, 3.05) is 0 Å². The Morgan fingerprint density at radius 1 is 1.00 bits per heavy atom. The molecule has 1 atom stereocenters. The monoisotopic (exact) mass is 269 g/mol. The van der Waals surface area contributed by atoms with Gasteiger partial charge in [0.1, 0.15) is 12.4 Å². The summed E-state index contributed by atoms with van der Waals surface area (Å²) in [6.07, 6.45) is 0. The molecule has 0 aromatic heterocycles. The van der Waals surface area contributed by atoms with Crippen LogP contribution < -0.4 is 10.5 Å². The minimum atomic E-state index is 0.0568. The number of nitrogens with two attached hydrogens (primary N) is 1. The van der Waals surface area contributed by atoms with Crippen LogP contribution in [0.4, 0.5) is 0 Å². The molecule has 2 heteroatoms. The average Bonchev–Trinajstić information content (AvgIpc) is 2.39. The number of ether oxygens (including phenoxy) is 1. The summed E-state index contributed by atoms with van der Waals surface area (Å²) in [5.41, 5.74) is 12.0. The van der Waals surface area contributed by atoms with E-state index in [1.807, 2.05) is 19.1 Å². The second kappa shape index (κ2) is 6.10. The van der Waals surface area contributed by atoms with Gasteiger partial charge in [-0.05, 0) is 61.6 Å². The molecule has 2 nitrogen and oxygen atoms in total. The van der Waals surface area contributed by atoms with E-state index < -0.39 is 0 Å². The van der Waals surface area contributed by atoms with Crippen LogP contribution in [0, 0.1) is 20.8 Å². The number of aryl methyl sites for hydroxylation is 3. The Morgan fingerprint density at radius 2 is 1.65 bits per heavy atom. The molecule has 0 saturated carbocycles. The van der Waals surface area contributed by atoms with Crippen LogP contribution in [0.25, 0.3) is 0 Å². The van der Waals surface area contributed by atoms with E-state index in [1.54, 1.807) is 0 Å². The van der Waals surface area contributed by atoms with Gasteiger partial charge in [0.2, 0.25) is 0 Å². The molecule has 0 heterocycles. The summed E-state index contributed by atoms with van der Waals surface area (Å²) in [5.74, 6) is 0.928. The second-order valence-electron chi connectivity index (χ2n) is 5.47. The van der Waals surface area contributed by atoms with Gasteiger partial charge in [0, 0.05) is 6.04 Å². The van der Waals surface area contributed by atoms with E-state index in [0.29, 0.717) is 6.61 Å². The molecule has 0 aliphatic carbocycles. The number of hydrogen-bond acceptors (Lipinski definition) is 2. The van der Waals surface area contributed by atoms with Gasteiger partial charge in [-0.3, -0.25) is 0 Å². The van der Waals surface area contributed by atoms with E-state index in [4.69, 9.17) is 10.5 Å². The zero-order valence-corrected chi connectivity index (χ0v) is 12.7. The molecule has 106 valence electrons. The van der Waals surface area contributed by atoms with Crippen molar-refractivity contribution in [3.63, 3.8) is 0 Å². The van der Waals surface area contributed by atoms with Gasteiger partial charge in [-0.25, -0.2) is 0 Å². The smallest absolute Gasteiger partial charge is 0.122 e. The van der Waals surface area contributed by atoms with Gasteiger partial charge < -0.3 is 10.5 Å². The van der Waals surface area contributed by atoms with Crippen molar-refractivity contribution in [2.45, 2.75) is 40.3 Å². The first-order valence-corrected chi connectivity index (χ1v) is 7.03. The molecule has 0 aliphatic rings. The highest BCUT2D eigenvalue weighted by Crippen LogP contribution is 2.24. The van der Waals surface area contributed by atoms with Gasteiger partial charge in [0.05, 0.1) is 0 Å². The fraction of sp³-hybridized carbons (Fsp3) is 0.333. The van der Waals surface area contributed by atoms with Crippen molar-refractivity contribution < 1.29 is 4.74 Å². The fourth-order valence-electron chi connectivity index (χ4n) is 2.34. The Bertz CT molecular complexity index is 582. The molecule has 2 aromatic rings. The molecule has 20 heavy (non-hydrogen) atoms. The third kappa shape index (κ3) is 3.20. The van der Waals surface area contributed by atoms with Gasteiger partial charge >= 0.3 is 0 Å². The molecule has 0 unspecified atom stereocenters. The lowest BCUT2D eigenvalue weighted by Gasteiger charge is -2.14. The van der Waals surface area contributed by atoms with Gasteiger partial charge in [-0.1, -0.05) is 30.3 Å². The molecule has 2 N–H and O–H groups in total. The molecule has 2 aromatic carbocycles. The predicted molar refractivity (Wildman–Crippen MR) is 84.0 cm³/mol. The number of hydrogen-bond donors (Lipinski definition) is 1. The van der Waals surface area contributed by atoms with E-state index in [0.717, 1.165) is 16.9 Å². The van der Waals surface area contributed by atoms with Crippen LogP contribution >= 0.6 is 0 Å². The van der Waals surface area contributed by atoms with Crippen LogP contribution in [-0.2, 0) is 6.61 Å². The number of benzene rings is 2. The minimum absolute atomic E-state index is 0.0568. The molecule has 0 aliphatic heterocycles. The second-order valence-corrected chi connectivity index (χ2v) is 5.47. The molecule has 2 rings (SSSR count). The van der Waals surface area contributed by atoms with Crippen molar-refractivity contribution in [3.05, 3.63) is 64.2 Å². The Morgan fingerprint density at radius 3 is 2.20 bits per heavy atom. The highest BCUT2D eigenvalue weighted by atomic mass is 16.5. The standard InChI is InChI=1S/C18H23NO/c1-12-6-5-7-13(2)17(12)11-20-18-9-8-16(15(4)19)10-14(18)3/h5-10,15H,11,19H2,1-4H3/t15-/m1/s1. The normalized spacial score (nSPS) is 12.2. The Labute approximate surface area is 121 Å². The summed E-state index contributed by atoms with van der Waals surface area (Å²) < 4.78 is 5.98. The fourth-order valence-corrected chi connectivity index (χ4v) is 2.34. The molecule has 0 fully saturated rings. The topological polar surface area (TPSA) is 35.2 Å². The minimum Gasteiger partial charge on any atom is -0.489 e. The first-order valence-electron chi connectivity index (χ1n) is 7.03. The first kappa shape index (κ1) is 14.6. The quantitative estimate of drug-likeness (QED) is 0.902. The summed E-state index contributed by atoms with van der Waals surface area (Å²) in [6.45, 7) is 8.91. The summed E-state index contributed by atoms with van der Waals surface area (Å²) in [5, 5.41) is 0. The maximum absolute atomic E-state index is 5.98. The third-order valence-electron chi connectivity index (χ3n) is 3.74. The predicted octanol–water partition coefficient (Wildman–Crippen LogP) is 4.21. The van der Waals surface area contributed by atoms with Crippen LogP contribution in [-0.4, -0.2) is 0 Å². The lowest BCUT2D eigenvalue weighted by atomic mass is 10.0. The van der Waals surface area contributed by atoms with Crippen molar-refractivity contribution in [3.8, 4) is 5.75 Å². The van der Waals surface area contributed by atoms with Gasteiger partial charge in [0.25, 0.3) is 0 Å². The summed E-state index contributed by atoms with van der Waals surface area (Å²) in [6, 6.07) is 12.5. The molecule has 0 spiro atoms. The Balaban J connectivity index is 2.15. The van der Waals surface area contributed by atoms with E-state index in [1.165, 1.54) is 16.7 Å². The van der Waals surface area contributed by atoms with Crippen molar-refractivity contribution in [2.24, 2.45) is 5.73 Å². The molecule has 0 amide bonds.